The summed E-state index contributed by atoms with van der Waals surface area (Å²) >= 11 is 0. The molecule has 0 radical (unpaired) electrons. The summed E-state index contributed by atoms with van der Waals surface area (Å²) in [4.78, 5) is 15.0. The molecule has 0 spiro atoms. The molecule has 1 heterocycles. The molecule has 0 fully saturated rings. The standard InChI is InChI=1S/C12H10F3N3O2/c1-6-10(11(19)20)18(5-17-6)9-3-2-7(4-8(9)16)12(13,14)15/h2-5H,16H2,1H3,(H,19,20). The lowest BCUT2D eigenvalue weighted by Crippen LogP contribution is -2.11. The number of alkyl halides is 3. The van der Waals surface area contributed by atoms with Crippen LogP contribution in [-0.4, -0.2) is 20.6 Å². The summed E-state index contributed by atoms with van der Waals surface area (Å²) in [7, 11) is 0. The van der Waals surface area contributed by atoms with Gasteiger partial charge in [-0.3, -0.25) is 4.57 Å². The van der Waals surface area contributed by atoms with Crippen molar-refractivity contribution in [1.29, 1.82) is 0 Å². The largest absolute Gasteiger partial charge is 0.477 e. The van der Waals surface area contributed by atoms with Crippen molar-refractivity contribution in [2.75, 3.05) is 5.73 Å². The lowest BCUT2D eigenvalue weighted by atomic mass is 10.1. The normalized spacial score (nSPS) is 11.6. The Balaban J connectivity index is 2.58. The van der Waals surface area contributed by atoms with Crippen LogP contribution in [0.5, 0.6) is 0 Å². The molecule has 0 atom stereocenters. The first-order chi connectivity index (χ1) is 9.21. The molecule has 0 saturated carbocycles. The monoisotopic (exact) mass is 285 g/mol. The molecule has 0 amide bonds. The van der Waals surface area contributed by atoms with Crippen LogP contribution < -0.4 is 5.73 Å². The summed E-state index contributed by atoms with van der Waals surface area (Å²) < 4.78 is 38.8. The Bertz CT molecular complexity index is 677. The van der Waals surface area contributed by atoms with Gasteiger partial charge in [-0.2, -0.15) is 13.2 Å². The van der Waals surface area contributed by atoms with E-state index in [4.69, 9.17) is 10.8 Å². The Labute approximate surface area is 111 Å². The number of hydrogen-bond donors (Lipinski definition) is 2. The number of anilines is 1. The van der Waals surface area contributed by atoms with Crippen molar-refractivity contribution in [3.63, 3.8) is 0 Å². The van der Waals surface area contributed by atoms with Crippen LogP contribution in [0, 0.1) is 6.92 Å². The summed E-state index contributed by atoms with van der Waals surface area (Å²) in [5.74, 6) is -1.24. The molecule has 2 rings (SSSR count). The number of aromatic nitrogens is 2. The van der Waals surface area contributed by atoms with E-state index >= 15 is 0 Å². The summed E-state index contributed by atoms with van der Waals surface area (Å²) in [6.07, 6.45) is -3.30. The molecule has 106 valence electrons. The Morgan fingerprint density at radius 2 is 2.05 bits per heavy atom. The molecule has 3 N–H and O–H groups in total. The third kappa shape index (κ3) is 2.31. The molecule has 0 aliphatic rings. The third-order valence-electron chi connectivity index (χ3n) is 2.77. The van der Waals surface area contributed by atoms with E-state index in [2.05, 4.69) is 4.98 Å². The lowest BCUT2D eigenvalue weighted by Gasteiger charge is -2.12. The maximum Gasteiger partial charge on any atom is 0.416 e. The number of benzene rings is 1. The van der Waals surface area contributed by atoms with Crippen LogP contribution in [0.15, 0.2) is 24.5 Å². The quantitative estimate of drug-likeness (QED) is 0.830. The average Bonchev–Trinajstić information content (AvgIpc) is 2.69. The van der Waals surface area contributed by atoms with Gasteiger partial charge < -0.3 is 10.8 Å². The van der Waals surface area contributed by atoms with Gasteiger partial charge in [0, 0.05) is 0 Å². The van der Waals surface area contributed by atoms with Gasteiger partial charge in [0.2, 0.25) is 0 Å². The Morgan fingerprint density at radius 1 is 1.40 bits per heavy atom. The highest BCUT2D eigenvalue weighted by molar-refractivity contribution is 5.88. The van der Waals surface area contributed by atoms with Gasteiger partial charge in [0.15, 0.2) is 5.69 Å². The zero-order chi connectivity index (χ0) is 15.1. The fourth-order valence-electron chi connectivity index (χ4n) is 1.83. The Kier molecular flexibility index (Phi) is 3.16. The van der Waals surface area contributed by atoms with Crippen LogP contribution in [-0.2, 0) is 6.18 Å². The minimum Gasteiger partial charge on any atom is -0.477 e. The molecule has 0 bridgehead atoms. The molecule has 0 saturated heterocycles. The first kappa shape index (κ1) is 13.9. The van der Waals surface area contributed by atoms with Gasteiger partial charge in [-0.1, -0.05) is 0 Å². The topological polar surface area (TPSA) is 81.1 Å². The fourth-order valence-corrected chi connectivity index (χ4v) is 1.83. The smallest absolute Gasteiger partial charge is 0.416 e. The zero-order valence-corrected chi connectivity index (χ0v) is 10.3. The number of aromatic carboxylic acids is 1. The van der Waals surface area contributed by atoms with Gasteiger partial charge in [0.05, 0.1) is 22.6 Å². The second kappa shape index (κ2) is 4.55. The Hall–Kier alpha value is -2.51. The van der Waals surface area contributed by atoms with Crippen molar-refractivity contribution in [1.82, 2.24) is 9.55 Å². The first-order valence-electron chi connectivity index (χ1n) is 5.46. The average molecular weight is 285 g/mol. The van der Waals surface area contributed by atoms with Crippen molar-refractivity contribution in [3.8, 4) is 5.69 Å². The molecule has 8 heteroatoms. The van der Waals surface area contributed by atoms with E-state index < -0.39 is 17.7 Å². The van der Waals surface area contributed by atoms with Crippen LogP contribution in [0.4, 0.5) is 18.9 Å². The highest BCUT2D eigenvalue weighted by atomic mass is 19.4. The van der Waals surface area contributed by atoms with E-state index in [0.717, 1.165) is 22.8 Å². The molecule has 5 nitrogen and oxygen atoms in total. The number of carboxylic acids is 1. The summed E-state index contributed by atoms with van der Waals surface area (Å²) in [5.41, 5.74) is 4.75. The molecule has 20 heavy (non-hydrogen) atoms. The highest BCUT2D eigenvalue weighted by Crippen LogP contribution is 2.32. The molecule has 2 aromatic rings. The molecule has 0 unspecified atom stereocenters. The SMILES string of the molecule is Cc1ncn(-c2ccc(C(F)(F)F)cc2N)c1C(=O)O. The van der Waals surface area contributed by atoms with E-state index in [1.807, 2.05) is 0 Å². The number of carboxylic acid groups (broad SMARTS) is 1. The van der Waals surface area contributed by atoms with Gasteiger partial charge in [0.25, 0.3) is 0 Å². The van der Waals surface area contributed by atoms with E-state index in [0.29, 0.717) is 0 Å². The minimum absolute atomic E-state index is 0.135. The van der Waals surface area contributed by atoms with Crippen LogP contribution >= 0.6 is 0 Å². The van der Waals surface area contributed by atoms with Crippen LogP contribution in [0.2, 0.25) is 0 Å². The second-order valence-electron chi connectivity index (χ2n) is 4.13. The number of nitrogens with zero attached hydrogens (tertiary/aromatic N) is 2. The van der Waals surface area contributed by atoms with Crippen molar-refractivity contribution in [2.24, 2.45) is 0 Å². The number of hydrogen-bond acceptors (Lipinski definition) is 3. The summed E-state index contributed by atoms with van der Waals surface area (Å²) in [6, 6.07) is 2.72. The van der Waals surface area contributed by atoms with Crippen molar-refractivity contribution in [2.45, 2.75) is 13.1 Å². The van der Waals surface area contributed by atoms with Gasteiger partial charge in [0.1, 0.15) is 6.33 Å². The zero-order valence-electron chi connectivity index (χ0n) is 10.3. The Morgan fingerprint density at radius 3 is 2.55 bits per heavy atom. The van der Waals surface area contributed by atoms with Crippen LogP contribution in [0.25, 0.3) is 5.69 Å². The second-order valence-corrected chi connectivity index (χ2v) is 4.13. The van der Waals surface area contributed by atoms with Gasteiger partial charge in [-0.05, 0) is 25.1 Å². The number of nitrogen functional groups attached to an aromatic ring is 1. The molecule has 0 aliphatic heterocycles. The van der Waals surface area contributed by atoms with E-state index in [1.165, 1.54) is 13.3 Å². The maximum atomic E-state index is 12.5. The van der Waals surface area contributed by atoms with E-state index in [1.54, 1.807) is 0 Å². The number of carbonyl (C=O) groups is 1. The van der Waals surface area contributed by atoms with Gasteiger partial charge in [-0.25, -0.2) is 9.78 Å². The van der Waals surface area contributed by atoms with Gasteiger partial charge in [-0.15, -0.1) is 0 Å². The summed E-state index contributed by atoms with van der Waals surface area (Å²) in [5, 5.41) is 9.09. The molecule has 0 aliphatic carbocycles. The molecular formula is C12H10F3N3O2. The number of rotatable bonds is 2. The van der Waals surface area contributed by atoms with Crippen molar-refractivity contribution in [3.05, 3.63) is 41.5 Å². The number of nitrogens with two attached hydrogens (primary N) is 1. The molecular weight excluding hydrogens is 275 g/mol. The van der Waals surface area contributed by atoms with E-state index in [-0.39, 0.29) is 22.8 Å². The minimum atomic E-state index is -4.51. The van der Waals surface area contributed by atoms with Gasteiger partial charge >= 0.3 is 12.1 Å². The first-order valence-corrected chi connectivity index (χ1v) is 5.46. The van der Waals surface area contributed by atoms with Crippen molar-refractivity contribution < 1.29 is 23.1 Å². The van der Waals surface area contributed by atoms with Crippen LogP contribution in [0.3, 0.4) is 0 Å². The predicted octanol–water partition coefficient (Wildman–Crippen LogP) is 2.48. The number of aryl methyl sites for hydroxylation is 1. The third-order valence-corrected chi connectivity index (χ3v) is 2.77. The molecule has 1 aromatic heterocycles. The number of imidazole rings is 1. The predicted molar refractivity (Wildman–Crippen MR) is 64.7 cm³/mol. The molecule has 1 aromatic carbocycles. The van der Waals surface area contributed by atoms with Crippen molar-refractivity contribution >= 4 is 11.7 Å². The van der Waals surface area contributed by atoms with Crippen LogP contribution in [0.1, 0.15) is 21.7 Å². The van der Waals surface area contributed by atoms with E-state index in [9.17, 15) is 18.0 Å². The lowest BCUT2D eigenvalue weighted by molar-refractivity contribution is -0.137. The highest BCUT2D eigenvalue weighted by Gasteiger charge is 2.31. The maximum absolute atomic E-state index is 12.5. The number of halogens is 3. The fraction of sp³-hybridized carbons (Fsp3) is 0.167. The summed E-state index contributed by atoms with van der Waals surface area (Å²) in [6.45, 7) is 1.49.